The van der Waals surface area contributed by atoms with Gasteiger partial charge in [0.05, 0.1) is 0 Å². The van der Waals surface area contributed by atoms with Crippen LogP contribution in [0.1, 0.15) is 37.5 Å². The maximum absolute atomic E-state index is 12.4. The van der Waals surface area contributed by atoms with Gasteiger partial charge in [-0.15, -0.1) is 0 Å². The van der Waals surface area contributed by atoms with E-state index in [-0.39, 0.29) is 17.5 Å². The highest BCUT2D eigenvalue weighted by Crippen LogP contribution is 2.10. The highest BCUT2D eigenvalue weighted by atomic mass is 35.5. The summed E-state index contributed by atoms with van der Waals surface area (Å²) >= 11 is 5.85. The van der Waals surface area contributed by atoms with Gasteiger partial charge >= 0.3 is 0 Å². The first kappa shape index (κ1) is 19.6. The molecule has 0 aliphatic carbocycles. The topological polar surface area (TPSA) is 71.1 Å². The van der Waals surface area contributed by atoms with Crippen molar-refractivity contribution < 1.29 is 9.59 Å². The minimum atomic E-state index is -0.344. The van der Waals surface area contributed by atoms with Crippen LogP contribution < -0.4 is 10.6 Å². The van der Waals surface area contributed by atoms with E-state index in [0.717, 1.165) is 16.7 Å². The number of nitrogens with one attached hydrogen (secondary N) is 2. The SMILES string of the molecule is Cc1cccc(CNC(=O)c2ccnc(C(=O)NCc3ccc(Cl)cc3)c2)c1. The summed E-state index contributed by atoms with van der Waals surface area (Å²) in [6.07, 6.45) is 1.46. The van der Waals surface area contributed by atoms with Gasteiger partial charge in [0.1, 0.15) is 5.69 Å². The number of hydrogen-bond donors (Lipinski definition) is 2. The number of benzene rings is 2. The molecule has 0 unspecified atom stereocenters. The van der Waals surface area contributed by atoms with Crippen LogP contribution in [-0.4, -0.2) is 16.8 Å². The number of aryl methyl sites for hydroxylation is 1. The summed E-state index contributed by atoms with van der Waals surface area (Å²) in [4.78, 5) is 28.8. The zero-order chi connectivity index (χ0) is 19.9. The minimum Gasteiger partial charge on any atom is -0.348 e. The summed E-state index contributed by atoms with van der Waals surface area (Å²) in [6.45, 7) is 2.77. The third-order valence-electron chi connectivity index (χ3n) is 4.16. The van der Waals surface area contributed by atoms with E-state index in [0.29, 0.717) is 23.7 Å². The maximum atomic E-state index is 12.4. The van der Waals surface area contributed by atoms with Crippen molar-refractivity contribution in [2.45, 2.75) is 20.0 Å². The van der Waals surface area contributed by atoms with Crippen molar-refractivity contribution >= 4 is 23.4 Å². The molecule has 2 N–H and O–H groups in total. The molecule has 3 aromatic rings. The smallest absolute Gasteiger partial charge is 0.270 e. The van der Waals surface area contributed by atoms with Gasteiger partial charge in [0, 0.05) is 29.9 Å². The summed E-state index contributed by atoms with van der Waals surface area (Å²) in [6, 6.07) is 18.2. The van der Waals surface area contributed by atoms with Crippen molar-refractivity contribution in [3.05, 3.63) is 99.8 Å². The Kier molecular flexibility index (Phi) is 6.40. The van der Waals surface area contributed by atoms with Crippen molar-refractivity contribution in [2.24, 2.45) is 0 Å². The van der Waals surface area contributed by atoms with E-state index in [1.54, 1.807) is 18.2 Å². The largest absolute Gasteiger partial charge is 0.348 e. The standard InChI is InChI=1S/C22H20ClN3O2/c1-15-3-2-4-17(11-15)14-25-21(27)18-9-10-24-20(12-18)22(28)26-13-16-5-7-19(23)8-6-16/h2-12H,13-14H2,1H3,(H,25,27)(H,26,28). The predicted molar refractivity (Wildman–Crippen MR) is 109 cm³/mol. The second-order valence-corrected chi connectivity index (χ2v) is 6.85. The van der Waals surface area contributed by atoms with Gasteiger partial charge in [0.25, 0.3) is 11.8 Å². The van der Waals surface area contributed by atoms with Gasteiger partial charge in [-0.1, -0.05) is 53.6 Å². The van der Waals surface area contributed by atoms with Crippen molar-refractivity contribution in [1.82, 2.24) is 15.6 Å². The van der Waals surface area contributed by atoms with Crippen LogP contribution in [0.5, 0.6) is 0 Å². The van der Waals surface area contributed by atoms with Crippen molar-refractivity contribution in [1.29, 1.82) is 0 Å². The molecule has 28 heavy (non-hydrogen) atoms. The summed E-state index contributed by atoms with van der Waals surface area (Å²) in [5.41, 5.74) is 3.65. The summed E-state index contributed by atoms with van der Waals surface area (Å²) in [5, 5.41) is 6.29. The molecular formula is C22H20ClN3O2. The molecule has 2 aromatic carbocycles. The molecule has 0 radical (unpaired) electrons. The Bertz CT molecular complexity index is 987. The van der Waals surface area contributed by atoms with Crippen molar-refractivity contribution in [3.8, 4) is 0 Å². The zero-order valence-electron chi connectivity index (χ0n) is 15.4. The minimum absolute atomic E-state index is 0.192. The molecular weight excluding hydrogens is 374 g/mol. The van der Waals surface area contributed by atoms with Crippen molar-refractivity contribution in [3.63, 3.8) is 0 Å². The second kappa shape index (κ2) is 9.15. The van der Waals surface area contributed by atoms with Gasteiger partial charge in [0.15, 0.2) is 0 Å². The lowest BCUT2D eigenvalue weighted by molar-refractivity contribution is 0.0946. The Hall–Kier alpha value is -3.18. The maximum Gasteiger partial charge on any atom is 0.270 e. The molecule has 1 aromatic heterocycles. The quantitative estimate of drug-likeness (QED) is 0.667. The Balaban J connectivity index is 1.59. The van der Waals surface area contributed by atoms with Crippen LogP contribution in [-0.2, 0) is 13.1 Å². The Morgan fingerprint density at radius 1 is 0.893 bits per heavy atom. The van der Waals surface area contributed by atoms with Gasteiger partial charge in [-0.3, -0.25) is 14.6 Å². The van der Waals surface area contributed by atoms with Crippen LogP contribution in [0.4, 0.5) is 0 Å². The first-order chi connectivity index (χ1) is 13.5. The third-order valence-corrected chi connectivity index (χ3v) is 4.41. The number of amides is 2. The number of carbonyl (C=O) groups excluding carboxylic acids is 2. The lowest BCUT2D eigenvalue weighted by Crippen LogP contribution is -2.26. The number of rotatable bonds is 6. The lowest BCUT2D eigenvalue weighted by Gasteiger charge is -2.08. The van der Waals surface area contributed by atoms with Gasteiger partial charge in [0.2, 0.25) is 0 Å². The molecule has 1 heterocycles. The number of halogens is 1. The van der Waals surface area contributed by atoms with E-state index in [4.69, 9.17) is 11.6 Å². The van der Waals surface area contributed by atoms with Crippen LogP contribution in [0.3, 0.4) is 0 Å². The fourth-order valence-electron chi connectivity index (χ4n) is 2.68. The van der Waals surface area contributed by atoms with E-state index in [1.807, 2.05) is 43.3 Å². The fourth-order valence-corrected chi connectivity index (χ4v) is 2.80. The van der Waals surface area contributed by atoms with Crippen LogP contribution in [0.2, 0.25) is 5.02 Å². The fraction of sp³-hybridized carbons (Fsp3) is 0.136. The normalized spacial score (nSPS) is 10.4. The highest BCUT2D eigenvalue weighted by Gasteiger charge is 2.12. The van der Waals surface area contributed by atoms with Crippen LogP contribution in [0.15, 0.2) is 66.9 Å². The predicted octanol–water partition coefficient (Wildman–Crippen LogP) is 3.90. The number of nitrogens with zero attached hydrogens (tertiary/aromatic N) is 1. The zero-order valence-corrected chi connectivity index (χ0v) is 16.2. The van der Waals surface area contributed by atoms with Gasteiger partial charge in [-0.05, 0) is 42.3 Å². The number of pyridine rings is 1. The number of hydrogen-bond acceptors (Lipinski definition) is 3. The van der Waals surface area contributed by atoms with Crippen LogP contribution >= 0.6 is 11.6 Å². The molecule has 142 valence electrons. The number of aromatic nitrogens is 1. The molecule has 2 amide bonds. The van der Waals surface area contributed by atoms with E-state index < -0.39 is 0 Å². The summed E-state index contributed by atoms with van der Waals surface area (Å²) in [5.74, 6) is -0.598. The Labute approximate surface area is 168 Å². The molecule has 0 saturated heterocycles. The average molecular weight is 394 g/mol. The second-order valence-electron chi connectivity index (χ2n) is 6.41. The molecule has 0 spiro atoms. The van der Waals surface area contributed by atoms with Gasteiger partial charge < -0.3 is 10.6 Å². The van der Waals surface area contributed by atoms with E-state index in [9.17, 15) is 9.59 Å². The average Bonchev–Trinajstić information content (AvgIpc) is 2.71. The molecule has 0 aliphatic rings. The van der Waals surface area contributed by atoms with Gasteiger partial charge in [-0.2, -0.15) is 0 Å². The summed E-state index contributed by atoms with van der Waals surface area (Å²) in [7, 11) is 0. The molecule has 5 nitrogen and oxygen atoms in total. The highest BCUT2D eigenvalue weighted by molar-refractivity contribution is 6.30. The van der Waals surface area contributed by atoms with Crippen molar-refractivity contribution in [2.75, 3.05) is 0 Å². The van der Waals surface area contributed by atoms with E-state index in [1.165, 1.54) is 12.3 Å². The Morgan fingerprint density at radius 2 is 1.61 bits per heavy atom. The molecule has 0 saturated carbocycles. The molecule has 0 aliphatic heterocycles. The van der Waals surface area contributed by atoms with Gasteiger partial charge in [-0.25, -0.2) is 0 Å². The summed E-state index contributed by atoms with van der Waals surface area (Å²) < 4.78 is 0. The lowest BCUT2D eigenvalue weighted by atomic mass is 10.1. The van der Waals surface area contributed by atoms with Crippen LogP contribution in [0.25, 0.3) is 0 Å². The molecule has 0 atom stereocenters. The monoisotopic (exact) mass is 393 g/mol. The first-order valence-electron chi connectivity index (χ1n) is 8.84. The van der Waals surface area contributed by atoms with E-state index in [2.05, 4.69) is 15.6 Å². The third kappa shape index (κ3) is 5.41. The molecule has 0 bridgehead atoms. The van der Waals surface area contributed by atoms with E-state index >= 15 is 0 Å². The molecule has 3 rings (SSSR count). The Morgan fingerprint density at radius 3 is 2.36 bits per heavy atom. The molecule has 6 heteroatoms. The molecule has 0 fully saturated rings. The first-order valence-corrected chi connectivity index (χ1v) is 9.21. The van der Waals surface area contributed by atoms with Crippen LogP contribution in [0, 0.1) is 6.92 Å². The number of carbonyl (C=O) groups is 2.